The van der Waals surface area contributed by atoms with Crippen LogP contribution in [0, 0.1) is 0 Å². The van der Waals surface area contributed by atoms with E-state index in [-0.39, 0.29) is 0 Å². The van der Waals surface area contributed by atoms with Crippen molar-refractivity contribution >= 4 is 11.7 Å². The van der Waals surface area contributed by atoms with Gasteiger partial charge in [-0.25, -0.2) is 4.79 Å². The first-order valence-corrected chi connectivity index (χ1v) is 7.00. The number of carbonyl (C=O) groups is 1. The molecule has 102 valence electrons. The van der Waals surface area contributed by atoms with Crippen LogP contribution < -0.4 is 5.32 Å². The van der Waals surface area contributed by atoms with Gasteiger partial charge in [-0.15, -0.1) is 0 Å². The van der Waals surface area contributed by atoms with Crippen LogP contribution in [0.4, 0.5) is 5.69 Å². The van der Waals surface area contributed by atoms with Crippen molar-refractivity contribution in [2.24, 2.45) is 0 Å². The molecule has 2 atom stereocenters. The van der Waals surface area contributed by atoms with Crippen molar-refractivity contribution in [2.75, 3.05) is 18.4 Å². The van der Waals surface area contributed by atoms with Gasteiger partial charge in [-0.1, -0.05) is 18.2 Å². The first-order chi connectivity index (χ1) is 9.20. The minimum absolute atomic E-state index is 0.432. The molecule has 2 aliphatic rings. The highest BCUT2D eigenvalue weighted by molar-refractivity contribution is 5.83. The Morgan fingerprint density at radius 1 is 1.32 bits per heavy atom. The predicted octanol–water partition coefficient (Wildman–Crippen LogP) is 2.18. The molecule has 19 heavy (non-hydrogen) atoms. The first-order valence-electron chi connectivity index (χ1n) is 7.00. The summed E-state index contributed by atoms with van der Waals surface area (Å²) in [6, 6.07) is 10.1. The molecule has 0 radical (unpaired) electrons. The third kappa shape index (κ3) is 2.32. The third-order valence-electron chi connectivity index (χ3n) is 4.48. The Kier molecular flexibility index (Phi) is 3.19. The number of nitrogens with one attached hydrogen (secondary N) is 1. The van der Waals surface area contributed by atoms with Gasteiger partial charge in [0.25, 0.3) is 0 Å². The second-order valence-corrected chi connectivity index (χ2v) is 5.66. The molecule has 3 rings (SSSR count). The topological polar surface area (TPSA) is 52.6 Å². The van der Waals surface area contributed by atoms with Crippen molar-refractivity contribution in [3.63, 3.8) is 0 Å². The molecule has 2 fully saturated rings. The lowest BCUT2D eigenvalue weighted by atomic mass is 9.83. The number of aliphatic carboxylic acids is 1. The smallest absolute Gasteiger partial charge is 0.329 e. The summed E-state index contributed by atoms with van der Waals surface area (Å²) in [7, 11) is 0. The van der Waals surface area contributed by atoms with Gasteiger partial charge < -0.3 is 15.3 Å². The molecule has 2 saturated heterocycles. The molecule has 2 aliphatic heterocycles. The number of anilines is 1. The Bertz CT molecular complexity index is 462. The van der Waals surface area contributed by atoms with E-state index >= 15 is 0 Å². The highest BCUT2D eigenvalue weighted by Crippen LogP contribution is 2.35. The van der Waals surface area contributed by atoms with Crippen LogP contribution in [0.2, 0.25) is 0 Å². The van der Waals surface area contributed by atoms with Gasteiger partial charge in [-0.2, -0.15) is 0 Å². The normalized spacial score (nSPS) is 30.8. The number of nitrogens with zero attached hydrogens (tertiary/aromatic N) is 1. The van der Waals surface area contributed by atoms with Crippen molar-refractivity contribution in [3.8, 4) is 0 Å². The SMILES string of the molecule is O=C(O)C1(Nc2ccccc2)CCN2CCCC2C1. The number of carboxylic acid groups (broad SMARTS) is 1. The van der Waals surface area contributed by atoms with Gasteiger partial charge in [0.15, 0.2) is 0 Å². The number of carboxylic acids is 1. The fraction of sp³-hybridized carbons (Fsp3) is 0.533. The van der Waals surface area contributed by atoms with E-state index in [4.69, 9.17) is 0 Å². The second kappa shape index (κ2) is 4.85. The number of piperidine rings is 1. The van der Waals surface area contributed by atoms with Gasteiger partial charge in [0.2, 0.25) is 0 Å². The fourth-order valence-corrected chi connectivity index (χ4v) is 3.42. The lowest BCUT2D eigenvalue weighted by molar-refractivity contribution is -0.144. The van der Waals surface area contributed by atoms with Crippen LogP contribution in [0.5, 0.6) is 0 Å². The van der Waals surface area contributed by atoms with Crippen LogP contribution in [-0.2, 0) is 4.79 Å². The summed E-state index contributed by atoms with van der Waals surface area (Å²) in [6.07, 6.45) is 3.71. The van der Waals surface area contributed by atoms with Gasteiger partial charge in [-0.05, 0) is 44.4 Å². The fourth-order valence-electron chi connectivity index (χ4n) is 3.42. The maximum atomic E-state index is 11.8. The molecule has 2 heterocycles. The molecule has 0 aromatic heterocycles. The summed E-state index contributed by atoms with van der Waals surface area (Å²) >= 11 is 0. The average Bonchev–Trinajstić information content (AvgIpc) is 2.87. The summed E-state index contributed by atoms with van der Waals surface area (Å²) in [5.41, 5.74) is 0.101. The van der Waals surface area contributed by atoms with E-state index in [0.29, 0.717) is 18.9 Å². The van der Waals surface area contributed by atoms with Crippen molar-refractivity contribution in [1.29, 1.82) is 0 Å². The number of rotatable bonds is 3. The molecular formula is C15H20N2O2. The van der Waals surface area contributed by atoms with Crippen LogP contribution in [0.25, 0.3) is 0 Å². The van der Waals surface area contributed by atoms with E-state index in [1.807, 2.05) is 30.3 Å². The van der Waals surface area contributed by atoms with Crippen LogP contribution in [0.1, 0.15) is 25.7 Å². The first kappa shape index (κ1) is 12.5. The molecule has 1 aromatic rings. The molecule has 2 N–H and O–H groups in total. The van der Waals surface area contributed by atoms with Gasteiger partial charge in [-0.3, -0.25) is 0 Å². The standard InChI is InChI=1S/C15H20N2O2/c18-14(19)15(16-12-5-2-1-3-6-12)8-10-17-9-4-7-13(17)11-15/h1-3,5-6,13,16H,4,7-11H2,(H,18,19). The zero-order chi connectivity index (χ0) is 13.3. The van der Waals surface area contributed by atoms with Crippen molar-refractivity contribution < 1.29 is 9.90 Å². The number of para-hydroxylation sites is 1. The average molecular weight is 260 g/mol. The Balaban J connectivity index is 1.82. The number of hydrogen-bond donors (Lipinski definition) is 2. The molecule has 4 nitrogen and oxygen atoms in total. The highest BCUT2D eigenvalue weighted by atomic mass is 16.4. The summed E-state index contributed by atoms with van der Waals surface area (Å²) in [6.45, 7) is 2.02. The summed E-state index contributed by atoms with van der Waals surface area (Å²) in [5, 5.41) is 13.0. The molecule has 2 unspecified atom stereocenters. The third-order valence-corrected chi connectivity index (χ3v) is 4.48. The van der Waals surface area contributed by atoms with E-state index in [2.05, 4.69) is 10.2 Å². The van der Waals surface area contributed by atoms with Crippen LogP contribution in [0.3, 0.4) is 0 Å². The lowest BCUT2D eigenvalue weighted by Gasteiger charge is -2.42. The van der Waals surface area contributed by atoms with Crippen molar-refractivity contribution in [1.82, 2.24) is 4.90 Å². The maximum absolute atomic E-state index is 11.8. The van der Waals surface area contributed by atoms with Gasteiger partial charge in [0.05, 0.1) is 0 Å². The van der Waals surface area contributed by atoms with E-state index in [1.54, 1.807) is 0 Å². The van der Waals surface area contributed by atoms with Gasteiger partial charge in [0, 0.05) is 18.3 Å². The molecule has 0 bridgehead atoms. The van der Waals surface area contributed by atoms with E-state index in [1.165, 1.54) is 6.42 Å². The van der Waals surface area contributed by atoms with E-state index < -0.39 is 11.5 Å². The summed E-state index contributed by atoms with van der Waals surface area (Å²) < 4.78 is 0. The molecule has 1 aromatic carbocycles. The minimum Gasteiger partial charge on any atom is -0.480 e. The van der Waals surface area contributed by atoms with Gasteiger partial charge in [0.1, 0.15) is 5.54 Å². The zero-order valence-corrected chi connectivity index (χ0v) is 11.0. The molecule has 4 heteroatoms. The molecular weight excluding hydrogens is 240 g/mol. The molecule has 0 aliphatic carbocycles. The Labute approximate surface area is 113 Å². The minimum atomic E-state index is -0.799. The van der Waals surface area contributed by atoms with Crippen LogP contribution in [0.15, 0.2) is 30.3 Å². The molecule has 0 amide bonds. The highest BCUT2D eigenvalue weighted by Gasteiger charge is 2.46. The predicted molar refractivity (Wildman–Crippen MR) is 74.3 cm³/mol. The van der Waals surface area contributed by atoms with Gasteiger partial charge >= 0.3 is 5.97 Å². The van der Waals surface area contributed by atoms with Crippen molar-refractivity contribution in [2.45, 2.75) is 37.3 Å². The van der Waals surface area contributed by atoms with Crippen molar-refractivity contribution in [3.05, 3.63) is 30.3 Å². The number of hydrogen-bond acceptors (Lipinski definition) is 3. The largest absolute Gasteiger partial charge is 0.480 e. The quantitative estimate of drug-likeness (QED) is 0.874. The molecule has 0 spiro atoms. The van der Waals surface area contributed by atoms with Crippen LogP contribution >= 0.6 is 0 Å². The summed E-state index contributed by atoms with van der Waals surface area (Å²) in [5.74, 6) is -0.720. The zero-order valence-electron chi connectivity index (χ0n) is 11.0. The lowest BCUT2D eigenvalue weighted by Crippen LogP contribution is -2.56. The Morgan fingerprint density at radius 3 is 2.84 bits per heavy atom. The monoisotopic (exact) mass is 260 g/mol. The Morgan fingerprint density at radius 2 is 2.11 bits per heavy atom. The maximum Gasteiger partial charge on any atom is 0.329 e. The van der Waals surface area contributed by atoms with E-state index in [0.717, 1.165) is 25.2 Å². The summed E-state index contributed by atoms with van der Waals surface area (Å²) in [4.78, 5) is 14.2. The Hall–Kier alpha value is -1.55. The second-order valence-electron chi connectivity index (χ2n) is 5.66. The number of benzene rings is 1. The van der Waals surface area contributed by atoms with Crippen LogP contribution in [-0.4, -0.2) is 40.6 Å². The molecule has 0 saturated carbocycles. The number of fused-ring (bicyclic) bond motifs is 1. The van der Waals surface area contributed by atoms with E-state index in [9.17, 15) is 9.90 Å².